The molecule has 7 nitrogen and oxygen atoms in total. The number of hydrogen-bond acceptors (Lipinski definition) is 5. The van der Waals surface area contributed by atoms with Crippen molar-refractivity contribution in [1.29, 1.82) is 0 Å². The number of rotatable bonds is 6. The summed E-state index contributed by atoms with van der Waals surface area (Å²) in [5, 5.41) is 6.48. The van der Waals surface area contributed by atoms with Crippen molar-refractivity contribution in [2.75, 3.05) is 6.54 Å². The molecule has 0 fully saturated rings. The number of carbonyl (C=O) groups excluding carboxylic acids is 1. The minimum absolute atomic E-state index is 0.0802. The number of amides is 1. The molecule has 3 rings (SSSR count). The van der Waals surface area contributed by atoms with E-state index in [0.717, 1.165) is 5.56 Å². The van der Waals surface area contributed by atoms with Crippen molar-refractivity contribution in [2.24, 2.45) is 0 Å². The monoisotopic (exact) mass is 348 g/mol. The molecule has 2 aromatic heterocycles. The maximum absolute atomic E-state index is 12.0. The average Bonchev–Trinajstić information content (AvgIpc) is 3.09. The quantitative estimate of drug-likeness (QED) is 0.677. The lowest BCUT2D eigenvalue weighted by Crippen LogP contribution is -2.27. The molecule has 0 radical (unpaired) electrons. The van der Waals surface area contributed by atoms with Gasteiger partial charge in [-0.15, -0.1) is 6.42 Å². The summed E-state index contributed by atoms with van der Waals surface area (Å²) in [6, 6.07) is 12.5. The van der Waals surface area contributed by atoms with E-state index in [1.165, 1.54) is 22.9 Å². The largest absolute Gasteiger partial charge is 0.341 e. The van der Waals surface area contributed by atoms with E-state index in [9.17, 15) is 9.59 Å². The zero-order chi connectivity index (χ0) is 18.4. The van der Waals surface area contributed by atoms with Crippen molar-refractivity contribution in [3.63, 3.8) is 0 Å². The van der Waals surface area contributed by atoms with Gasteiger partial charge in [-0.3, -0.25) is 9.59 Å². The van der Waals surface area contributed by atoms with Gasteiger partial charge >= 0.3 is 0 Å². The first-order valence-electron chi connectivity index (χ1n) is 7.93. The molecule has 0 aliphatic carbocycles. The van der Waals surface area contributed by atoms with Gasteiger partial charge in [0.25, 0.3) is 11.5 Å². The molecule has 2 heterocycles. The predicted octanol–water partition coefficient (Wildman–Crippen LogP) is 1.23. The molecule has 1 amide bonds. The Labute approximate surface area is 149 Å². The highest BCUT2D eigenvalue weighted by molar-refractivity contribution is 5.93. The van der Waals surface area contributed by atoms with E-state index in [1.54, 1.807) is 0 Å². The van der Waals surface area contributed by atoms with Crippen LogP contribution < -0.4 is 10.9 Å². The highest BCUT2D eigenvalue weighted by atomic mass is 16.5. The molecule has 1 aromatic carbocycles. The van der Waals surface area contributed by atoms with E-state index in [4.69, 9.17) is 10.9 Å². The van der Waals surface area contributed by atoms with Crippen molar-refractivity contribution in [3.8, 4) is 12.3 Å². The summed E-state index contributed by atoms with van der Waals surface area (Å²) in [5.74, 6) is 2.79. The maximum atomic E-state index is 12.0. The molecular formula is C19H16N4O3. The van der Waals surface area contributed by atoms with Crippen LogP contribution in [0.3, 0.4) is 0 Å². The van der Waals surface area contributed by atoms with Gasteiger partial charge in [-0.05, 0) is 11.6 Å². The van der Waals surface area contributed by atoms with Crippen LogP contribution in [0.5, 0.6) is 0 Å². The van der Waals surface area contributed by atoms with Crippen LogP contribution in [0.4, 0.5) is 0 Å². The third-order valence-electron chi connectivity index (χ3n) is 3.62. The second kappa shape index (κ2) is 7.94. The number of pyridine rings is 1. The smallest absolute Gasteiger partial charge is 0.253 e. The predicted molar refractivity (Wildman–Crippen MR) is 94.5 cm³/mol. The van der Waals surface area contributed by atoms with Gasteiger partial charge in [0, 0.05) is 18.7 Å². The fourth-order valence-electron chi connectivity index (χ4n) is 2.37. The summed E-state index contributed by atoms with van der Waals surface area (Å²) in [4.78, 5) is 28.3. The summed E-state index contributed by atoms with van der Waals surface area (Å²) in [6.07, 6.45) is 7.10. The number of terminal acetylenes is 1. The highest BCUT2D eigenvalue weighted by Crippen LogP contribution is 2.07. The minimum Gasteiger partial charge on any atom is -0.341 e. The van der Waals surface area contributed by atoms with Crippen LogP contribution in [0.25, 0.3) is 0 Å². The van der Waals surface area contributed by atoms with Crippen LogP contribution in [0.2, 0.25) is 0 Å². The molecule has 0 atom stereocenters. The van der Waals surface area contributed by atoms with E-state index in [-0.39, 0.29) is 24.6 Å². The molecular weight excluding hydrogens is 332 g/mol. The number of benzene rings is 1. The standard InChI is InChI=1S/C19H16N4O3/c1-2-10-20-19(25)15-8-9-18(24)23(12-15)13-17-21-16(22-26-17)11-14-6-4-3-5-7-14/h1,3-9,12H,10-11,13H2,(H,20,25). The van der Waals surface area contributed by atoms with Crippen molar-refractivity contribution in [3.05, 3.63) is 81.9 Å². The van der Waals surface area contributed by atoms with Crippen molar-refractivity contribution in [2.45, 2.75) is 13.0 Å². The van der Waals surface area contributed by atoms with Crippen LogP contribution in [0.15, 0.2) is 58.0 Å². The number of nitrogens with zero attached hydrogens (tertiary/aromatic N) is 3. The number of carbonyl (C=O) groups is 1. The van der Waals surface area contributed by atoms with Gasteiger partial charge in [0.05, 0.1) is 12.1 Å². The SMILES string of the molecule is C#CCNC(=O)c1ccc(=O)n(Cc2nc(Cc3ccccc3)no2)c1. The zero-order valence-electron chi connectivity index (χ0n) is 13.9. The summed E-state index contributed by atoms with van der Waals surface area (Å²) in [6.45, 7) is 0.196. The Morgan fingerprint density at radius 2 is 2.04 bits per heavy atom. The Kier molecular flexibility index (Phi) is 5.25. The van der Waals surface area contributed by atoms with Crippen LogP contribution in [0.1, 0.15) is 27.6 Å². The number of aromatic nitrogens is 3. The van der Waals surface area contributed by atoms with Crippen molar-refractivity contribution < 1.29 is 9.32 Å². The third-order valence-corrected chi connectivity index (χ3v) is 3.62. The van der Waals surface area contributed by atoms with Crippen LogP contribution in [-0.4, -0.2) is 27.2 Å². The van der Waals surface area contributed by atoms with Crippen LogP contribution >= 0.6 is 0 Å². The normalized spacial score (nSPS) is 10.3. The molecule has 3 aromatic rings. The lowest BCUT2D eigenvalue weighted by atomic mass is 10.1. The Hall–Kier alpha value is -3.66. The lowest BCUT2D eigenvalue weighted by Gasteiger charge is -2.05. The number of hydrogen-bond donors (Lipinski definition) is 1. The van der Waals surface area contributed by atoms with Gasteiger partial charge in [-0.2, -0.15) is 4.98 Å². The summed E-state index contributed by atoms with van der Waals surface area (Å²) < 4.78 is 6.55. The van der Waals surface area contributed by atoms with E-state index in [2.05, 4.69) is 21.4 Å². The summed E-state index contributed by atoms with van der Waals surface area (Å²) in [5.41, 5.74) is 1.11. The first-order chi connectivity index (χ1) is 12.7. The molecule has 7 heteroatoms. The molecule has 0 aliphatic rings. The Bertz CT molecular complexity index is 999. The fraction of sp³-hybridized carbons (Fsp3) is 0.158. The minimum atomic E-state index is -0.355. The van der Waals surface area contributed by atoms with Gasteiger partial charge in [-0.1, -0.05) is 41.4 Å². The number of nitrogens with one attached hydrogen (secondary N) is 1. The van der Waals surface area contributed by atoms with Gasteiger partial charge < -0.3 is 14.4 Å². The zero-order valence-corrected chi connectivity index (χ0v) is 13.9. The summed E-state index contributed by atoms with van der Waals surface area (Å²) in [7, 11) is 0. The molecule has 0 aliphatic heterocycles. The van der Waals surface area contributed by atoms with E-state index < -0.39 is 0 Å². The second-order valence-corrected chi connectivity index (χ2v) is 5.54. The molecule has 0 bridgehead atoms. The molecule has 26 heavy (non-hydrogen) atoms. The average molecular weight is 348 g/mol. The molecule has 1 N–H and O–H groups in total. The molecule has 0 spiro atoms. The van der Waals surface area contributed by atoms with Crippen LogP contribution in [-0.2, 0) is 13.0 Å². The van der Waals surface area contributed by atoms with Crippen molar-refractivity contribution in [1.82, 2.24) is 20.0 Å². The Balaban J connectivity index is 1.74. The molecule has 0 saturated carbocycles. The van der Waals surface area contributed by atoms with E-state index in [1.807, 2.05) is 30.3 Å². The molecule has 0 unspecified atom stereocenters. The van der Waals surface area contributed by atoms with Crippen molar-refractivity contribution >= 4 is 5.91 Å². The van der Waals surface area contributed by atoms with Crippen LogP contribution in [0, 0.1) is 12.3 Å². The molecule has 0 saturated heterocycles. The fourth-order valence-corrected chi connectivity index (χ4v) is 2.37. The highest BCUT2D eigenvalue weighted by Gasteiger charge is 2.11. The first-order valence-corrected chi connectivity index (χ1v) is 7.93. The summed E-state index contributed by atoms with van der Waals surface area (Å²) >= 11 is 0. The first kappa shape index (κ1) is 17.2. The van der Waals surface area contributed by atoms with Gasteiger partial charge in [0.2, 0.25) is 5.89 Å². The van der Waals surface area contributed by atoms with Gasteiger partial charge in [0.1, 0.15) is 6.54 Å². The third kappa shape index (κ3) is 4.24. The lowest BCUT2D eigenvalue weighted by molar-refractivity contribution is 0.0958. The second-order valence-electron chi connectivity index (χ2n) is 5.54. The van der Waals surface area contributed by atoms with Gasteiger partial charge in [-0.25, -0.2) is 0 Å². The van der Waals surface area contributed by atoms with E-state index in [0.29, 0.717) is 23.7 Å². The Morgan fingerprint density at radius 1 is 1.23 bits per heavy atom. The maximum Gasteiger partial charge on any atom is 0.253 e. The topological polar surface area (TPSA) is 90.0 Å². The molecule has 130 valence electrons. The van der Waals surface area contributed by atoms with E-state index >= 15 is 0 Å². The van der Waals surface area contributed by atoms with Gasteiger partial charge in [0.15, 0.2) is 5.82 Å². The Morgan fingerprint density at radius 3 is 2.81 bits per heavy atom.